The van der Waals surface area contributed by atoms with Gasteiger partial charge in [-0.25, -0.2) is 4.79 Å². The maximum Gasteiger partial charge on any atom is 0.350 e. The van der Waals surface area contributed by atoms with Crippen molar-refractivity contribution in [2.24, 2.45) is 5.92 Å². The van der Waals surface area contributed by atoms with E-state index in [4.69, 9.17) is 9.47 Å². The molecule has 0 saturated carbocycles. The monoisotopic (exact) mass is 347 g/mol. The molecular formula is C12H14BrNO4S. The largest absolute Gasteiger partial charge is 0.465 e. The van der Waals surface area contributed by atoms with E-state index in [0.717, 1.165) is 0 Å². The number of anilines is 1. The highest BCUT2D eigenvalue weighted by Gasteiger charge is 2.25. The Morgan fingerprint density at radius 3 is 2.79 bits per heavy atom. The second kappa shape index (κ2) is 6.49. The molecule has 0 aliphatic carbocycles. The van der Waals surface area contributed by atoms with Crippen LogP contribution in [0.2, 0.25) is 0 Å². The lowest BCUT2D eigenvalue weighted by Gasteiger charge is -2.21. The van der Waals surface area contributed by atoms with E-state index in [1.807, 2.05) is 0 Å². The lowest BCUT2D eigenvalue weighted by Crippen LogP contribution is -2.29. The third kappa shape index (κ3) is 3.34. The van der Waals surface area contributed by atoms with Gasteiger partial charge in [-0.1, -0.05) is 0 Å². The van der Waals surface area contributed by atoms with Crippen LogP contribution in [0.15, 0.2) is 9.85 Å². The third-order valence-corrected chi connectivity index (χ3v) is 4.85. The SMILES string of the molecule is COC(=O)c1scc(Br)c1NC(=O)C1CCOCC1. The number of carbonyl (C=O) groups is 2. The van der Waals surface area contributed by atoms with E-state index in [-0.39, 0.29) is 11.8 Å². The summed E-state index contributed by atoms with van der Waals surface area (Å²) in [6.45, 7) is 1.21. The van der Waals surface area contributed by atoms with Crippen LogP contribution in [0.25, 0.3) is 0 Å². The molecule has 0 bridgehead atoms. The van der Waals surface area contributed by atoms with E-state index in [0.29, 0.717) is 41.1 Å². The van der Waals surface area contributed by atoms with Gasteiger partial charge in [0.25, 0.3) is 0 Å². The molecule has 1 amide bonds. The van der Waals surface area contributed by atoms with E-state index < -0.39 is 5.97 Å². The van der Waals surface area contributed by atoms with Gasteiger partial charge in [-0.05, 0) is 28.8 Å². The van der Waals surface area contributed by atoms with Crippen molar-refractivity contribution >= 4 is 44.8 Å². The second-order valence-electron chi connectivity index (χ2n) is 4.16. The lowest BCUT2D eigenvalue weighted by atomic mass is 9.99. The average Bonchev–Trinajstić information content (AvgIpc) is 2.80. The molecule has 1 saturated heterocycles. The van der Waals surface area contributed by atoms with E-state index in [1.54, 1.807) is 5.38 Å². The fourth-order valence-electron chi connectivity index (χ4n) is 1.88. The summed E-state index contributed by atoms with van der Waals surface area (Å²) in [5.41, 5.74) is 0.494. The number of hydrogen-bond donors (Lipinski definition) is 1. The van der Waals surface area contributed by atoms with Gasteiger partial charge in [0.1, 0.15) is 4.88 Å². The number of rotatable bonds is 3. The number of esters is 1. The molecule has 1 aromatic rings. The van der Waals surface area contributed by atoms with Crippen LogP contribution >= 0.6 is 27.3 Å². The average molecular weight is 348 g/mol. The summed E-state index contributed by atoms with van der Waals surface area (Å²) in [4.78, 5) is 24.1. The quantitative estimate of drug-likeness (QED) is 0.853. The first-order valence-electron chi connectivity index (χ1n) is 5.87. The van der Waals surface area contributed by atoms with E-state index in [9.17, 15) is 9.59 Å². The molecule has 19 heavy (non-hydrogen) atoms. The predicted molar refractivity (Wildman–Crippen MR) is 75.5 cm³/mol. The van der Waals surface area contributed by atoms with Gasteiger partial charge < -0.3 is 14.8 Å². The number of methoxy groups -OCH3 is 1. The summed E-state index contributed by atoms with van der Waals surface area (Å²) in [7, 11) is 1.32. The van der Waals surface area contributed by atoms with Gasteiger partial charge in [0.15, 0.2) is 0 Å². The number of amides is 1. The molecule has 0 unspecified atom stereocenters. The number of carbonyl (C=O) groups excluding carboxylic acids is 2. The van der Waals surface area contributed by atoms with Gasteiger partial charge >= 0.3 is 5.97 Å². The first-order chi connectivity index (χ1) is 9.13. The van der Waals surface area contributed by atoms with Crippen molar-refractivity contribution < 1.29 is 19.1 Å². The van der Waals surface area contributed by atoms with Gasteiger partial charge in [0, 0.05) is 24.5 Å². The molecule has 1 aromatic heterocycles. The van der Waals surface area contributed by atoms with Crippen LogP contribution in [-0.4, -0.2) is 32.2 Å². The fraction of sp³-hybridized carbons (Fsp3) is 0.500. The van der Waals surface area contributed by atoms with Crippen molar-refractivity contribution in [1.29, 1.82) is 0 Å². The van der Waals surface area contributed by atoms with Crippen LogP contribution < -0.4 is 5.32 Å². The molecule has 0 atom stereocenters. The topological polar surface area (TPSA) is 64.6 Å². The Morgan fingerprint density at radius 2 is 2.16 bits per heavy atom. The maximum absolute atomic E-state index is 12.1. The Hall–Kier alpha value is -0.920. The molecular weight excluding hydrogens is 334 g/mol. The molecule has 1 N–H and O–H groups in total. The van der Waals surface area contributed by atoms with E-state index in [1.165, 1.54) is 18.4 Å². The highest BCUT2D eigenvalue weighted by atomic mass is 79.9. The Bertz CT molecular complexity index is 482. The van der Waals surface area contributed by atoms with Gasteiger partial charge in [-0.15, -0.1) is 11.3 Å². The zero-order valence-corrected chi connectivity index (χ0v) is 12.8. The first-order valence-corrected chi connectivity index (χ1v) is 7.54. The fourth-order valence-corrected chi connectivity index (χ4v) is 3.39. The van der Waals surface area contributed by atoms with E-state index in [2.05, 4.69) is 21.2 Å². The van der Waals surface area contributed by atoms with Crippen molar-refractivity contribution in [1.82, 2.24) is 0 Å². The van der Waals surface area contributed by atoms with Crippen molar-refractivity contribution in [2.45, 2.75) is 12.8 Å². The Labute approximate surface area is 123 Å². The molecule has 5 nitrogen and oxygen atoms in total. The van der Waals surface area contributed by atoms with Crippen LogP contribution in [0.5, 0.6) is 0 Å². The number of nitrogens with one attached hydrogen (secondary N) is 1. The maximum atomic E-state index is 12.1. The Balaban J connectivity index is 2.11. The molecule has 0 spiro atoms. The van der Waals surface area contributed by atoms with Crippen molar-refractivity contribution in [3.63, 3.8) is 0 Å². The van der Waals surface area contributed by atoms with Gasteiger partial charge in [0.05, 0.1) is 17.3 Å². The summed E-state index contributed by atoms with van der Waals surface area (Å²) in [6.07, 6.45) is 1.42. The molecule has 1 fully saturated rings. The standard InChI is InChI=1S/C12H14BrNO4S/c1-17-12(16)10-9(8(13)6-19-10)14-11(15)7-2-4-18-5-3-7/h6-7H,2-5H2,1H3,(H,14,15). The molecule has 104 valence electrons. The molecule has 0 radical (unpaired) electrons. The van der Waals surface area contributed by atoms with Crippen molar-refractivity contribution in [2.75, 3.05) is 25.6 Å². The van der Waals surface area contributed by atoms with Gasteiger partial charge in [-0.3, -0.25) is 4.79 Å². The minimum Gasteiger partial charge on any atom is -0.465 e. The minimum absolute atomic E-state index is 0.0638. The summed E-state index contributed by atoms with van der Waals surface area (Å²) in [6, 6.07) is 0. The van der Waals surface area contributed by atoms with Crippen molar-refractivity contribution in [3.8, 4) is 0 Å². The number of hydrogen-bond acceptors (Lipinski definition) is 5. The highest BCUT2D eigenvalue weighted by molar-refractivity contribution is 9.10. The van der Waals surface area contributed by atoms with Crippen LogP contribution in [0.1, 0.15) is 22.5 Å². The van der Waals surface area contributed by atoms with Crippen LogP contribution in [0.3, 0.4) is 0 Å². The normalized spacial score (nSPS) is 16.1. The smallest absolute Gasteiger partial charge is 0.350 e. The zero-order chi connectivity index (χ0) is 13.8. The summed E-state index contributed by atoms with van der Waals surface area (Å²) in [5, 5.41) is 4.57. The van der Waals surface area contributed by atoms with Crippen LogP contribution in [0, 0.1) is 5.92 Å². The summed E-state index contributed by atoms with van der Waals surface area (Å²) < 4.78 is 10.6. The molecule has 2 heterocycles. The molecule has 0 aromatic carbocycles. The first kappa shape index (κ1) is 14.5. The molecule has 1 aliphatic rings. The minimum atomic E-state index is -0.446. The zero-order valence-electron chi connectivity index (χ0n) is 10.4. The second-order valence-corrected chi connectivity index (χ2v) is 5.89. The predicted octanol–water partition coefficient (Wildman–Crippen LogP) is 2.66. The van der Waals surface area contributed by atoms with Crippen LogP contribution in [-0.2, 0) is 14.3 Å². The van der Waals surface area contributed by atoms with Gasteiger partial charge in [0.2, 0.25) is 5.91 Å². The summed E-state index contributed by atoms with van der Waals surface area (Å²) >= 11 is 4.57. The number of thiophene rings is 1. The summed E-state index contributed by atoms with van der Waals surface area (Å²) in [5.74, 6) is -0.587. The molecule has 2 rings (SSSR count). The van der Waals surface area contributed by atoms with Gasteiger partial charge in [-0.2, -0.15) is 0 Å². The number of ether oxygens (including phenoxy) is 2. The third-order valence-electron chi connectivity index (χ3n) is 2.96. The Kier molecular flexibility index (Phi) is 4.95. The molecule has 1 aliphatic heterocycles. The van der Waals surface area contributed by atoms with Crippen LogP contribution in [0.4, 0.5) is 5.69 Å². The van der Waals surface area contributed by atoms with E-state index >= 15 is 0 Å². The number of halogens is 1. The van der Waals surface area contributed by atoms with Crippen molar-refractivity contribution in [3.05, 3.63) is 14.7 Å². The lowest BCUT2D eigenvalue weighted by molar-refractivity contribution is -0.122. The Morgan fingerprint density at radius 1 is 1.47 bits per heavy atom. The highest BCUT2D eigenvalue weighted by Crippen LogP contribution is 2.34. The molecule has 7 heteroatoms.